The molecule has 1 N–H and O–H groups in total. The number of carboxylic acid groups (broad SMARTS) is 1. The zero-order chi connectivity index (χ0) is 31.2. The third kappa shape index (κ3) is 5.37. The summed E-state index contributed by atoms with van der Waals surface area (Å²) in [5.41, 5.74) is 6.15. The van der Waals surface area contributed by atoms with Crippen LogP contribution in [0.15, 0.2) is 59.1 Å². The minimum atomic E-state index is -0.918. The van der Waals surface area contributed by atoms with Gasteiger partial charge < -0.3 is 19.6 Å². The topological polar surface area (TPSA) is 118 Å². The Labute approximate surface area is 269 Å². The normalized spacial score (nSPS) is 21.1. The molecule has 0 radical (unpaired) electrons. The molecule has 1 fully saturated rings. The molecule has 3 aromatic carbocycles. The highest BCUT2D eigenvalue weighted by molar-refractivity contribution is 9.10. The average Bonchev–Trinajstić information content (AvgIpc) is 3.58. The van der Waals surface area contributed by atoms with Crippen molar-refractivity contribution in [1.29, 1.82) is 0 Å². The molecule has 45 heavy (non-hydrogen) atoms. The van der Waals surface area contributed by atoms with Gasteiger partial charge in [-0.2, -0.15) is 0 Å². The number of aryl methyl sites for hydroxylation is 1. The second-order valence-electron chi connectivity index (χ2n) is 12.2. The first kappa shape index (κ1) is 29.5. The monoisotopic (exact) mass is 671 g/mol. The van der Waals surface area contributed by atoms with E-state index in [0.29, 0.717) is 43.7 Å². The van der Waals surface area contributed by atoms with Crippen molar-refractivity contribution < 1.29 is 24.2 Å². The Balaban J connectivity index is 1.25. The van der Waals surface area contributed by atoms with E-state index >= 15 is 0 Å². The number of hydrogen-bond donors (Lipinski definition) is 1. The summed E-state index contributed by atoms with van der Waals surface area (Å²) >= 11 is 3.74. The Morgan fingerprint density at radius 3 is 2.67 bits per heavy atom. The fraction of sp³-hybridized carbons (Fsp3) is 0.382. The van der Waals surface area contributed by atoms with Crippen molar-refractivity contribution in [3.63, 3.8) is 0 Å². The first-order valence-corrected chi connectivity index (χ1v) is 16.2. The van der Waals surface area contributed by atoms with E-state index in [4.69, 9.17) is 4.74 Å². The largest absolute Gasteiger partial charge is 0.489 e. The minimum absolute atomic E-state index is 0.0686. The first-order chi connectivity index (χ1) is 21.8. The smallest absolute Gasteiger partial charge is 0.307 e. The molecule has 232 valence electrons. The van der Waals surface area contributed by atoms with Crippen molar-refractivity contribution in [2.24, 2.45) is 18.9 Å². The molecule has 7 rings (SSSR count). The van der Waals surface area contributed by atoms with Crippen molar-refractivity contribution >= 4 is 44.7 Å². The van der Waals surface area contributed by atoms with E-state index in [9.17, 15) is 19.5 Å². The molecule has 10 nitrogen and oxygen atoms in total. The molecule has 0 bridgehead atoms. The van der Waals surface area contributed by atoms with Gasteiger partial charge in [0.25, 0.3) is 5.91 Å². The van der Waals surface area contributed by atoms with Crippen LogP contribution in [0.1, 0.15) is 64.3 Å². The van der Waals surface area contributed by atoms with Crippen LogP contribution in [0.2, 0.25) is 0 Å². The summed E-state index contributed by atoms with van der Waals surface area (Å²) in [6.45, 7) is 1.43. The fourth-order valence-electron chi connectivity index (χ4n) is 7.30. The molecule has 1 saturated carbocycles. The molecule has 3 aliphatic rings. The van der Waals surface area contributed by atoms with Crippen LogP contribution in [-0.2, 0) is 36.2 Å². The molecule has 2 amide bonds. The highest BCUT2D eigenvalue weighted by Crippen LogP contribution is 2.44. The second-order valence-corrected chi connectivity index (χ2v) is 13.1. The number of amides is 2. The van der Waals surface area contributed by atoms with E-state index in [1.165, 1.54) is 0 Å². The van der Waals surface area contributed by atoms with Crippen molar-refractivity contribution in [3.8, 4) is 5.75 Å². The maximum atomic E-state index is 14.4. The van der Waals surface area contributed by atoms with Gasteiger partial charge in [-0.05, 0) is 66.3 Å². The Kier molecular flexibility index (Phi) is 7.81. The molecule has 0 saturated heterocycles. The van der Waals surface area contributed by atoms with Gasteiger partial charge in [-0.3, -0.25) is 14.4 Å². The molecule has 3 atom stereocenters. The van der Waals surface area contributed by atoms with Gasteiger partial charge in [-0.25, -0.2) is 4.68 Å². The lowest BCUT2D eigenvalue weighted by Gasteiger charge is -2.43. The summed E-state index contributed by atoms with van der Waals surface area (Å²) in [5.74, 6) is -1.80. The lowest BCUT2D eigenvalue weighted by Crippen LogP contribution is -2.50. The predicted molar refractivity (Wildman–Crippen MR) is 169 cm³/mol. The number of halogens is 1. The third-order valence-electron chi connectivity index (χ3n) is 9.61. The lowest BCUT2D eigenvalue weighted by atomic mass is 9.77. The lowest BCUT2D eigenvalue weighted by molar-refractivity contribution is -0.153. The summed E-state index contributed by atoms with van der Waals surface area (Å²) in [6.07, 6.45) is 3.26. The van der Waals surface area contributed by atoms with E-state index in [1.54, 1.807) is 9.58 Å². The van der Waals surface area contributed by atoms with Crippen LogP contribution >= 0.6 is 15.9 Å². The average molecular weight is 673 g/mol. The third-order valence-corrected chi connectivity index (χ3v) is 10.4. The van der Waals surface area contributed by atoms with Crippen molar-refractivity contribution in [2.75, 3.05) is 13.1 Å². The van der Waals surface area contributed by atoms with Gasteiger partial charge in [0.15, 0.2) is 0 Å². The number of aliphatic carboxylic acids is 1. The first-order valence-electron chi connectivity index (χ1n) is 15.4. The highest BCUT2D eigenvalue weighted by Gasteiger charge is 2.44. The molecule has 1 aliphatic carbocycles. The molecule has 1 unspecified atom stereocenters. The zero-order valence-electron chi connectivity index (χ0n) is 25.0. The van der Waals surface area contributed by atoms with Crippen LogP contribution in [0.25, 0.3) is 11.0 Å². The molecule has 11 heteroatoms. The number of nitrogens with zero attached hydrogens (tertiary/aromatic N) is 5. The number of ether oxygens (including phenoxy) is 1. The van der Waals surface area contributed by atoms with Crippen LogP contribution in [0.3, 0.4) is 0 Å². The Morgan fingerprint density at radius 1 is 1.07 bits per heavy atom. The molecule has 4 aromatic rings. The highest BCUT2D eigenvalue weighted by atomic mass is 79.9. The number of carbonyl (C=O) groups excluding carboxylic acids is 2. The van der Waals surface area contributed by atoms with E-state index in [2.05, 4.69) is 26.2 Å². The number of fused-ring (bicyclic) bond motifs is 3. The zero-order valence-corrected chi connectivity index (χ0v) is 26.6. The summed E-state index contributed by atoms with van der Waals surface area (Å²) in [4.78, 5) is 43.8. The van der Waals surface area contributed by atoms with Gasteiger partial charge >= 0.3 is 5.97 Å². The van der Waals surface area contributed by atoms with Crippen LogP contribution in [0.4, 0.5) is 0 Å². The Morgan fingerprint density at radius 2 is 1.87 bits per heavy atom. The minimum Gasteiger partial charge on any atom is -0.489 e. The number of hydrogen-bond acceptors (Lipinski definition) is 6. The number of carbonyl (C=O) groups is 3. The van der Waals surface area contributed by atoms with Crippen molar-refractivity contribution in [2.45, 2.75) is 51.3 Å². The van der Waals surface area contributed by atoms with E-state index in [-0.39, 0.29) is 25.0 Å². The molecule has 2 aliphatic heterocycles. The Hall–Kier alpha value is -4.25. The summed E-state index contributed by atoms with van der Waals surface area (Å²) in [7, 11) is 1.85. The van der Waals surface area contributed by atoms with E-state index < -0.39 is 23.8 Å². The fourth-order valence-corrected chi connectivity index (χ4v) is 7.85. The van der Waals surface area contributed by atoms with Gasteiger partial charge in [-0.1, -0.05) is 58.3 Å². The summed E-state index contributed by atoms with van der Waals surface area (Å²) in [5, 5.41) is 18.3. The van der Waals surface area contributed by atoms with Crippen LogP contribution in [-0.4, -0.2) is 60.8 Å². The van der Waals surface area contributed by atoms with Gasteiger partial charge in [0, 0.05) is 42.3 Å². The molecule has 0 spiro atoms. The number of carboxylic acids is 1. The van der Waals surface area contributed by atoms with E-state index in [0.717, 1.165) is 50.6 Å². The molecular formula is C34H34BrN5O5. The van der Waals surface area contributed by atoms with E-state index in [1.807, 2.05) is 66.5 Å². The van der Waals surface area contributed by atoms with Crippen LogP contribution in [0.5, 0.6) is 5.75 Å². The van der Waals surface area contributed by atoms with Crippen molar-refractivity contribution in [1.82, 2.24) is 24.8 Å². The van der Waals surface area contributed by atoms with Gasteiger partial charge in [-0.15, -0.1) is 5.10 Å². The molecule has 1 aromatic heterocycles. The predicted octanol–water partition coefficient (Wildman–Crippen LogP) is 5.28. The second kappa shape index (κ2) is 11.9. The maximum absolute atomic E-state index is 14.4. The SMILES string of the molecule is Cn1nnc2cc(COc3ccc(Br)c4c3C(CN3Cc5ccccc5C3=O)N(C(=O)[C@@H]3CCCC[C@@H]3C(=O)O)CC4)ccc21. The number of rotatable bonds is 7. The summed E-state index contributed by atoms with van der Waals surface area (Å²) < 4.78 is 9.15. The molecular weight excluding hydrogens is 638 g/mol. The van der Waals surface area contributed by atoms with Crippen LogP contribution in [0, 0.1) is 11.8 Å². The van der Waals surface area contributed by atoms with Gasteiger partial charge in [0.05, 0.1) is 23.4 Å². The number of aromatic nitrogens is 3. The van der Waals surface area contributed by atoms with Gasteiger partial charge in [0.1, 0.15) is 17.9 Å². The molecule has 3 heterocycles. The number of benzene rings is 3. The quantitative estimate of drug-likeness (QED) is 0.284. The van der Waals surface area contributed by atoms with Gasteiger partial charge in [0.2, 0.25) is 5.91 Å². The maximum Gasteiger partial charge on any atom is 0.307 e. The summed E-state index contributed by atoms with van der Waals surface area (Å²) in [6, 6.07) is 16.9. The van der Waals surface area contributed by atoms with Crippen LogP contribution < -0.4 is 4.74 Å². The standard InChI is InChI=1S/C34H34BrN5O5/c1-38-28-12-10-20(16-27(28)36-37-38)19-45-30-13-11-26(35)25-14-15-40(33(42)23-8-4-5-9-24(23)34(43)44)29(31(25)30)18-39-17-21-6-2-3-7-22(21)32(39)41/h2-3,6-7,10-13,16,23-24,29H,4-5,8-9,14-15,17-19H2,1H3,(H,43,44)/t23-,24+,29?/m1/s1. The Bertz CT molecular complexity index is 1820. The van der Waals surface area contributed by atoms with Crippen molar-refractivity contribution in [3.05, 3.63) is 86.9 Å².